The van der Waals surface area contributed by atoms with Crippen molar-refractivity contribution in [2.45, 2.75) is 31.6 Å². The minimum absolute atomic E-state index is 0.0672. The van der Waals surface area contributed by atoms with Crippen LogP contribution in [0.1, 0.15) is 47.7 Å². The molecule has 5 nitrogen and oxygen atoms in total. The van der Waals surface area contributed by atoms with Gasteiger partial charge in [0.25, 0.3) is 5.91 Å². The highest BCUT2D eigenvalue weighted by atomic mass is 32.1. The molecule has 6 heteroatoms. The first-order valence-corrected chi connectivity index (χ1v) is 8.75. The number of hydrogen-bond acceptors (Lipinski definition) is 4. The molecule has 0 saturated heterocycles. The van der Waals surface area contributed by atoms with Crippen LogP contribution < -0.4 is 10.6 Å². The highest BCUT2D eigenvalue weighted by Crippen LogP contribution is 2.40. The molecule has 1 aromatic carbocycles. The molecule has 0 spiro atoms. The first-order valence-electron chi connectivity index (χ1n) is 7.87. The monoisotopic (exact) mass is 327 g/mol. The lowest BCUT2D eigenvalue weighted by molar-refractivity contribution is -0.117. The second-order valence-electron chi connectivity index (χ2n) is 6.15. The molecule has 2 aliphatic carbocycles. The highest BCUT2D eigenvalue weighted by Gasteiger charge is 2.29. The average molecular weight is 327 g/mol. The van der Waals surface area contributed by atoms with Crippen molar-refractivity contribution in [1.29, 1.82) is 0 Å². The molecular weight excluding hydrogens is 310 g/mol. The summed E-state index contributed by atoms with van der Waals surface area (Å²) < 4.78 is 0. The number of hydrogen-bond donors (Lipinski definition) is 2. The number of carbonyl (C=O) groups is 2. The van der Waals surface area contributed by atoms with E-state index in [4.69, 9.17) is 0 Å². The zero-order valence-electron chi connectivity index (χ0n) is 12.5. The number of anilines is 2. The lowest BCUT2D eigenvalue weighted by atomic mass is 10.2. The van der Waals surface area contributed by atoms with Gasteiger partial charge in [0, 0.05) is 28.5 Å². The fourth-order valence-electron chi connectivity index (χ4n) is 2.37. The number of aromatic nitrogens is 1. The summed E-state index contributed by atoms with van der Waals surface area (Å²) in [4.78, 5) is 28.4. The van der Waals surface area contributed by atoms with Gasteiger partial charge in [0.05, 0.1) is 5.69 Å². The molecule has 2 fully saturated rings. The molecule has 0 aliphatic heterocycles. The van der Waals surface area contributed by atoms with Crippen LogP contribution >= 0.6 is 11.3 Å². The van der Waals surface area contributed by atoms with Crippen molar-refractivity contribution in [3.63, 3.8) is 0 Å². The van der Waals surface area contributed by atoms with E-state index in [0.29, 0.717) is 16.6 Å². The Kier molecular flexibility index (Phi) is 3.61. The van der Waals surface area contributed by atoms with Crippen LogP contribution in [-0.2, 0) is 4.79 Å². The summed E-state index contributed by atoms with van der Waals surface area (Å²) in [5.41, 5.74) is 2.37. The van der Waals surface area contributed by atoms with E-state index in [0.717, 1.165) is 24.2 Å². The van der Waals surface area contributed by atoms with Crippen LogP contribution in [0.5, 0.6) is 0 Å². The molecule has 1 heterocycles. The summed E-state index contributed by atoms with van der Waals surface area (Å²) in [6, 6.07) is 6.94. The van der Waals surface area contributed by atoms with E-state index in [2.05, 4.69) is 15.6 Å². The van der Waals surface area contributed by atoms with Gasteiger partial charge in [0.2, 0.25) is 5.91 Å². The molecule has 0 unspecified atom stereocenters. The molecule has 118 valence electrons. The minimum Gasteiger partial charge on any atom is -0.326 e. The van der Waals surface area contributed by atoms with E-state index >= 15 is 0 Å². The fraction of sp³-hybridized carbons (Fsp3) is 0.353. The Morgan fingerprint density at radius 3 is 2.43 bits per heavy atom. The Morgan fingerprint density at radius 1 is 1.04 bits per heavy atom. The van der Waals surface area contributed by atoms with Crippen molar-refractivity contribution < 1.29 is 9.59 Å². The van der Waals surface area contributed by atoms with E-state index in [1.807, 2.05) is 5.38 Å². The number of nitrogens with zero attached hydrogens (tertiary/aromatic N) is 1. The van der Waals surface area contributed by atoms with Crippen LogP contribution in [-0.4, -0.2) is 16.8 Å². The summed E-state index contributed by atoms with van der Waals surface area (Å²) >= 11 is 1.46. The maximum absolute atomic E-state index is 12.2. The minimum atomic E-state index is -0.179. The van der Waals surface area contributed by atoms with Crippen LogP contribution in [0.2, 0.25) is 0 Å². The molecule has 2 aliphatic rings. The van der Waals surface area contributed by atoms with Gasteiger partial charge in [-0.25, -0.2) is 4.98 Å². The Bertz CT molecular complexity index is 745. The third-order valence-corrected chi connectivity index (χ3v) is 4.88. The van der Waals surface area contributed by atoms with Gasteiger partial charge in [-0.05, 0) is 49.9 Å². The zero-order chi connectivity index (χ0) is 15.8. The maximum Gasteiger partial charge on any atom is 0.257 e. The molecule has 2 saturated carbocycles. The van der Waals surface area contributed by atoms with E-state index in [1.54, 1.807) is 24.3 Å². The van der Waals surface area contributed by atoms with Gasteiger partial charge in [0.1, 0.15) is 0 Å². The predicted octanol–water partition coefficient (Wildman–Crippen LogP) is 3.62. The standard InChI is InChI=1S/C17H17N3O2S/c21-15(11-3-4-11)18-13-7-5-12(6-8-13)16(22)20-17-19-14(9-23-17)10-1-2-10/h5-11H,1-4H2,(H,18,21)(H,19,20,22). The fourth-order valence-corrected chi connectivity index (χ4v) is 3.16. The SMILES string of the molecule is O=C(Nc1nc(C2CC2)cs1)c1ccc(NC(=O)C2CC2)cc1. The van der Waals surface area contributed by atoms with Crippen LogP contribution in [0.25, 0.3) is 0 Å². The average Bonchev–Trinajstić information content (AvgIpc) is 3.46. The number of carbonyl (C=O) groups excluding carboxylic acids is 2. The molecular formula is C17H17N3O2S. The molecule has 4 rings (SSSR count). The van der Waals surface area contributed by atoms with Crippen molar-refractivity contribution in [2.24, 2.45) is 5.92 Å². The number of nitrogens with one attached hydrogen (secondary N) is 2. The predicted molar refractivity (Wildman–Crippen MR) is 89.8 cm³/mol. The van der Waals surface area contributed by atoms with Gasteiger partial charge in [-0.1, -0.05) is 0 Å². The van der Waals surface area contributed by atoms with Gasteiger partial charge in [-0.2, -0.15) is 0 Å². The second kappa shape index (κ2) is 5.77. The van der Waals surface area contributed by atoms with Crippen LogP contribution in [0.15, 0.2) is 29.6 Å². The lowest BCUT2D eigenvalue weighted by Gasteiger charge is -2.06. The van der Waals surface area contributed by atoms with Crippen LogP contribution in [0.4, 0.5) is 10.8 Å². The first-order chi connectivity index (χ1) is 11.2. The molecule has 1 aromatic heterocycles. The number of thiazole rings is 1. The van der Waals surface area contributed by atoms with Crippen molar-refractivity contribution in [3.05, 3.63) is 40.9 Å². The van der Waals surface area contributed by atoms with E-state index in [1.165, 1.54) is 24.2 Å². The Hall–Kier alpha value is -2.21. The topological polar surface area (TPSA) is 71.1 Å². The molecule has 23 heavy (non-hydrogen) atoms. The summed E-state index contributed by atoms with van der Waals surface area (Å²) in [6.07, 6.45) is 4.35. The normalized spacial score (nSPS) is 16.9. The van der Waals surface area contributed by atoms with E-state index < -0.39 is 0 Å². The van der Waals surface area contributed by atoms with Gasteiger partial charge < -0.3 is 5.32 Å². The van der Waals surface area contributed by atoms with Crippen molar-refractivity contribution >= 4 is 34.0 Å². The number of amides is 2. The first kappa shape index (κ1) is 14.4. The number of rotatable bonds is 5. The Balaban J connectivity index is 1.38. The Labute approximate surface area is 138 Å². The van der Waals surface area contributed by atoms with Crippen molar-refractivity contribution in [3.8, 4) is 0 Å². The van der Waals surface area contributed by atoms with Crippen LogP contribution in [0, 0.1) is 5.92 Å². The summed E-state index contributed by atoms with van der Waals surface area (Å²) in [5.74, 6) is 0.647. The number of benzene rings is 1. The summed E-state index contributed by atoms with van der Waals surface area (Å²) in [6.45, 7) is 0. The summed E-state index contributed by atoms with van der Waals surface area (Å²) in [5, 5.41) is 8.35. The summed E-state index contributed by atoms with van der Waals surface area (Å²) in [7, 11) is 0. The lowest BCUT2D eigenvalue weighted by Crippen LogP contribution is -2.14. The van der Waals surface area contributed by atoms with Gasteiger partial charge in [-0.15, -0.1) is 11.3 Å². The van der Waals surface area contributed by atoms with Crippen molar-refractivity contribution in [1.82, 2.24) is 4.98 Å². The zero-order valence-corrected chi connectivity index (χ0v) is 13.4. The third kappa shape index (κ3) is 3.42. The quantitative estimate of drug-likeness (QED) is 0.881. The highest BCUT2D eigenvalue weighted by molar-refractivity contribution is 7.14. The molecule has 0 bridgehead atoms. The van der Waals surface area contributed by atoms with Gasteiger partial charge >= 0.3 is 0 Å². The molecule has 2 N–H and O–H groups in total. The third-order valence-electron chi connectivity index (χ3n) is 4.10. The van der Waals surface area contributed by atoms with Gasteiger partial charge in [0.15, 0.2) is 5.13 Å². The molecule has 0 radical (unpaired) electrons. The molecule has 2 aromatic rings. The van der Waals surface area contributed by atoms with E-state index in [-0.39, 0.29) is 17.7 Å². The van der Waals surface area contributed by atoms with Crippen molar-refractivity contribution in [2.75, 3.05) is 10.6 Å². The molecule has 2 amide bonds. The van der Waals surface area contributed by atoms with E-state index in [9.17, 15) is 9.59 Å². The smallest absolute Gasteiger partial charge is 0.257 e. The largest absolute Gasteiger partial charge is 0.326 e. The Morgan fingerprint density at radius 2 is 1.78 bits per heavy atom. The maximum atomic E-state index is 12.2. The van der Waals surface area contributed by atoms with Gasteiger partial charge in [-0.3, -0.25) is 14.9 Å². The van der Waals surface area contributed by atoms with Crippen LogP contribution in [0.3, 0.4) is 0 Å². The molecule has 0 atom stereocenters. The second-order valence-corrected chi connectivity index (χ2v) is 7.00.